The van der Waals surface area contributed by atoms with Crippen LogP contribution < -0.4 is 0 Å². The highest BCUT2D eigenvalue weighted by Crippen LogP contribution is 2.42. The van der Waals surface area contributed by atoms with Crippen LogP contribution in [0.5, 0.6) is 0 Å². The van der Waals surface area contributed by atoms with Crippen molar-refractivity contribution in [3.8, 4) is 0 Å². The largest absolute Gasteiger partial charge is 0.398 e. The van der Waals surface area contributed by atoms with Gasteiger partial charge in [-0.15, -0.1) is 0 Å². The van der Waals surface area contributed by atoms with Gasteiger partial charge in [0.05, 0.1) is 0 Å². The lowest BCUT2D eigenvalue weighted by Gasteiger charge is -2.10. The molecule has 0 radical (unpaired) electrons. The highest BCUT2D eigenvalue weighted by molar-refractivity contribution is 6.10. The molecular formula is C4F5NO2. The minimum Gasteiger partial charge on any atom is -0.264 e. The normalized spacial score (nSPS) is 26.6. The molecule has 0 aliphatic carbocycles. The lowest BCUT2D eigenvalue weighted by atomic mass is 10.2. The number of nitrogens with zero attached hydrogens (tertiary/aromatic N) is 1. The van der Waals surface area contributed by atoms with Crippen LogP contribution in [0.4, 0.5) is 22.0 Å². The van der Waals surface area contributed by atoms with Crippen molar-refractivity contribution in [1.82, 2.24) is 5.12 Å². The summed E-state index contributed by atoms with van der Waals surface area (Å²) in [5.74, 6) is -16.2. The van der Waals surface area contributed by atoms with Crippen molar-refractivity contribution in [1.29, 1.82) is 0 Å². The number of carbonyl (C=O) groups excluding carboxylic acids is 2. The van der Waals surface area contributed by atoms with Crippen LogP contribution in [-0.2, 0) is 9.59 Å². The van der Waals surface area contributed by atoms with Gasteiger partial charge in [-0.3, -0.25) is 9.59 Å². The standard InChI is InChI=1S/C4F5NO2/c5-3(6)1(11)10(9)2(12)4(3,7)8. The first-order valence-electron chi connectivity index (χ1n) is 2.53. The average Bonchev–Trinajstić information content (AvgIpc) is 2.05. The maximum Gasteiger partial charge on any atom is 0.398 e. The summed E-state index contributed by atoms with van der Waals surface area (Å²) in [5, 5.41) is -1.78. The molecule has 1 saturated heterocycles. The Hall–Kier alpha value is -1.21. The predicted octanol–water partition coefficient (Wildman–Crippen LogP) is 0.510. The fraction of sp³-hybridized carbons (Fsp3) is 0.500. The van der Waals surface area contributed by atoms with E-state index < -0.39 is 28.8 Å². The molecule has 0 atom stereocenters. The Balaban J connectivity index is 3.24. The first-order valence-corrected chi connectivity index (χ1v) is 2.53. The predicted molar refractivity (Wildman–Crippen MR) is 22.9 cm³/mol. The molecule has 1 rings (SSSR count). The summed E-state index contributed by atoms with van der Waals surface area (Å²) in [6.07, 6.45) is 0. The molecule has 12 heavy (non-hydrogen) atoms. The van der Waals surface area contributed by atoms with Gasteiger partial charge < -0.3 is 0 Å². The quantitative estimate of drug-likeness (QED) is 0.316. The van der Waals surface area contributed by atoms with Crippen LogP contribution in [0.3, 0.4) is 0 Å². The Kier molecular flexibility index (Phi) is 1.43. The third-order valence-corrected chi connectivity index (χ3v) is 1.29. The molecule has 0 bridgehead atoms. The summed E-state index contributed by atoms with van der Waals surface area (Å²) in [7, 11) is 0. The fourth-order valence-electron chi connectivity index (χ4n) is 0.607. The molecule has 1 heterocycles. The van der Waals surface area contributed by atoms with Crippen LogP contribution in [0.2, 0.25) is 0 Å². The summed E-state index contributed by atoms with van der Waals surface area (Å²) < 4.78 is 59.9. The Labute approximate surface area is 61.7 Å². The zero-order valence-electron chi connectivity index (χ0n) is 5.15. The number of halogens is 5. The maximum absolute atomic E-state index is 12.0. The molecule has 1 fully saturated rings. The molecule has 0 N–H and O–H groups in total. The fourth-order valence-corrected chi connectivity index (χ4v) is 0.607. The van der Waals surface area contributed by atoms with Crippen molar-refractivity contribution in [2.75, 3.05) is 0 Å². The van der Waals surface area contributed by atoms with E-state index in [0.717, 1.165) is 0 Å². The van der Waals surface area contributed by atoms with E-state index in [1.807, 2.05) is 0 Å². The van der Waals surface area contributed by atoms with Crippen LogP contribution >= 0.6 is 0 Å². The molecular weight excluding hydrogens is 189 g/mol. The van der Waals surface area contributed by atoms with Gasteiger partial charge in [0.15, 0.2) is 0 Å². The number of hydrogen-bond acceptors (Lipinski definition) is 2. The number of alkyl halides is 4. The summed E-state index contributed by atoms with van der Waals surface area (Å²) in [6.45, 7) is 0. The zero-order chi connectivity index (χ0) is 9.73. The van der Waals surface area contributed by atoms with Gasteiger partial charge in [0, 0.05) is 0 Å². The number of carbonyl (C=O) groups is 2. The van der Waals surface area contributed by atoms with Crippen molar-refractivity contribution in [2.45, 2.75) is 11.8 Å². The van der Waals surface area contributed by atoms with Gasteiger partial charge in [0.25, 0.3) is 0 Å². The topological polar surface area (TPSA) is 37.4 Å². The van der Waals surface area contributed by atoms with E-state index in [2.05, 4.69) is 0 Å². The van der Waals surface area contributed by atoms with Crippen molar-refractivity contribution >= 4 is 11.8 Å². The number of imide groups is 1. The summed E-state index contributed by atoms with van der Waals surface area (Å²) in [4.78, 5) is 19.9. The molecule has 0 unspecified atom stereocenters. The molecule has 1 aliphatic rings. The van der Waals surface area contributed by atoms with E-state index in [-0.39, 0.29) is 0 Å². The van der Waals surface area contributed by atoms with Gasteiger partial charge in [-0.1, -0.05) is 9.60 Å². The smallest absolute Gasteiger partial charge is 0.264 e. The molecule has 68 valence electrons. The van der Waals surface area contributed by atoms with E-state index in [1.54, 1.807) is 0 Å². The summed E-state index contributed by atoms with van der Waals surface area (Å²) in [5.41, 5.74) is 0. The molecule has 0 aromatic heterocycles. The van der Waals surface area contributed by atoms with Crippen LogP contribution in [0.1, 0.15) is 0 Å². The van der Waals surface area contributed by atoms with Crippen molar-refractivity contribution < 1.29 is 31.6 Å². The van der Waals surface area contributed by atoms with E-state index >= 15 is 0 Å². The lowest BCUT2D eigenvalue weighted by Crippen LogP contribution is -2.43. The minimum absolute atomic E-state index is 1.78. The van der Waals surface area contributed by atoms with E-state index in [9.17, 15) is 31.6 Å². The molecule has 2 amide bonds. The van der Waals surface area contributed by atoms with Crippen molar-refractivity contribution in [3.05, 3.63) is 0 Å². The molecule has 3 nitrogen and oxygen atoms in total. The third-order valence-electron chi connectivity index (χ3n) is 1.29. The first-order chi connectivity index (χ1) is 5.23. The zero-order valence-corrected chi connectivity index (χ0v) is 5.15. The Morgan fingerprint density at radius 2 is 1.17 bits per heavy atom. The Morgan fingerprint density at radius 1 is 0.917 bits per heavy atom. The number of rotatable bonds is 0. The minimum atomic E-state index is -5.28. The molecule has 0 spiro atoms. The second kappa shape index (κ2) is 1.93. The van der Waals surface area contributed by atoms with Crippen molar-refractivity contribution in [2.24, 2.45) is 0 Å². The molecule has 0 aromatic rings. The SMILES string of the molecule is O=C1N(F)C(=O)C(F)(F)C1(F)F. The monoisotopic (exact) mass is 189 g/mol. The van der Waals surface area contributed by atoms with Gasteiger partial charge in [-0.05, 0) is 0 Å². The van der Waals surface area contributed by atoms with Gasteiger partial charge in [-0.25, -0.2) is 0 Å². The average molecular weight is 189 g/mol. The Morgan fingerprint density at radius 3 is 1.25 bits per heavy atom. The van der Waals surface area contributed by atoms with E-state index in [1.165, 1.54) is 0 Å². The van der Waals surface area contributed by atoms with Gasteiger partial charge in [-0.2, -0.15) is 17.6 Å². The molecule has 8 heteroatoms. The van der Waals surface area contributed by atoms with Gasteiger partial charge in [0.1, 0.15) is 0 Å². The van der Waals surface area contributed by atoms with Gasteiger partial charge >= 0.3 is 23.7 Å². The lowest BCUT2D eigenvalue weighted by molar-refractivity contribution is -0.192. The van der Waals surface area contributed by atoms with Gasteiger partial charge in [0.2, 0.25) is 0 Å². The van der Waals surface area contributed by atoms with Crippen LogP contribution in [0.25, 0.3) is 0 Å². The highest BCUT2D eigenvalue weighted by Gasteiger charge is 2.77. The summed E-state index contributed by atoms with van der Waals surface area (Å²) in [6, 6.07) is 0. The maximum atomic E-state index is 12.0. The second-order valence-corrected chi connectivity index (χ2v) is 2.04. The van der Waals surface area contributed by atoms with Crippen molar-refractivity contribution in [3.63, 3.8) is 0 Å². The number of hydrogen-bond donors (Lipinski definition) is 0. The Bertz CT molecular complexity index is 236. The van der Waals surface area contributed by atoms with Crippen LogP contribution in [0.15, 0.2) is 0 Å². The highest BCUT2D eigenvalue weighted by atomic mass is 19.3. The molecule has 0 aromatic carbocycles. The third kappa shape index (κ3) is 0.691. The molecule has 1 aliphatic heterocycles. The second-order valence-electron chi connectivity index (χ2n) is 2.04. The van der Waals surface area contributed by atoms with Crippen LogP contribution in [-0.4, -0.2) is 28.8 Å². The van der Waals surface area contributed by atoms with E-state index in [4.69, 9.17) is 0 Å². The molecule has 0 saturated carbocycles. The first kappa shape index (κ1) is 8.88. The van der Waals surface area contributed by atoms with E-state index in [0.29, 0.717) is 0 Å². The van der Waals surface area contributed by atoms with Crippen LogP contribution in [0, 0.1) is 0 Å². The summed E-state index contributed by atoms with van der Waals surface area (Å²) >= 11 is 0. The number of amides is 2.